The number of aryl methyl sites for hydroxylation is 1. The Morgan fingerprint density at radius 2 is 1.72 bits per heavy atom. The number of anilines is 1. The number of isocyanates is 1. The van der Waals surface area contributed by atoms with Crippen molar-refractivity contribution in [1.29, 1.82) is 0 Å². The lowest BCUT2D eigenvalue weighted by molar-refractivity contribution is -0.697. The van der Waals surface area contributed by atoms with E-state index in [4.69, 9.17) is 4.74 Å². The van der Waals surface area contributed by atoms with E-state index in [1.165, 1.54) is 50.2 Å². The van der Waals surface area contributed by atoms with E-state index in [0.29, 0.717) is 17.9 Å². The van der Waals surface area contributed by atoms with Crippen LogP contribution in [0.25, 0.3) is 0 Å². The van der Waals surface area contributed by atoms with Crippen LogP contribution in [-0.4, -0.2) is 18.8 Å². The second-order valence-electron chi connectivity index (χ2n) is 6.97. The summed E-state index contributed by atoms with van der Waals surface area (Å²) < 4.78 is 7.22. The molecule has 0 fully saturated rings. The van der Waals surface area contributed by atoms with Crippen LogP contribution in [0.4, 0.5) is 16.2 Å². The van der Waals surface area contributed by atoms with E-state index in [1.807, 2.05) is 17.0 Å². The number of nitrogens with zero attached hydrogens (tertiary/aromatic N) is 2. The maximum Gasteiger partial charge on any atom is 0.411 e. The van der Waals surface area contributed by atoms with E-state index >= 15 is 0 Å². The number of hydrogen-bond donors (Lipinski definition) is 1. The van der Waals surface area contributed by atoms with Crippen molar-refractivity contribution in [3.05, 3.63) is 54.4 Å². The number of aromatic nitrogens is 1. The first-order valence-electron chi connectivity index (χ1n) is 10.3. The molecule has 0 saturated carbocycles. The van der Waals surface area contributed by atoms with E-state index in [0.717, 1.165) is 6.42 Å². The molecule has 0 radical (unpaired) electrons. The highest BCUT2D eigenvalue weighted by Crippen LogP contribution is 2.15. The van der Waals surface area contributed by atoms with Crippen LogP contribution in [0.15, 0.2) is 53.8 Å². The smallest absolute Gasteiger partial charge is 0.411 e. The van der Waals surface area contributed by atoms with Crippen molar-refractivity contribution in [1.82, 2.24) is 0 Å². The number of benzene rings is 1. The molecule has 0 saturated heterocycles. The van der Waals surface area contributed by atoms with Crippen LogP contribution in [-0.2, 0) is 22.5 Å². The van der Waals surface area contributed by atoms with E-state index in [9.17, 15) is 9.59 Å². The Hall–Kier alpha value is -2.98. The fraction of sp³-hybridized carbons (Fsp3) is 0.435. The average Bonchev–Trinajstić information content (AvgIpc) is 2.73. The number of carbonyl (C=O) groups excluding carboxylic acids is 2. The molecule has 0 aliphatic carbocycles. The summed E-state index contributed by atoms with van der Waals surface area (Å²) in [4.78, 5) is 25.5. The summed E-state index contributed by atoms with van der Waals surface area (Å²) in [5.74, 6) is 0. The Balaban J connectivity index is 1.64. The Morgan fingerprint density at radius 1 is 1.03 bits per heavy atom. The predicted octanol–water partition coefficient (Wildman–Crippen LogP) is 5.09. The quantitative estimate of drug-likeness (QED) is 0.235. The first-order valence-corrected chi connectivity index (χ1v) is 10.3. The highest BCUT2D eigenvalue weighted by Gasteiger charge is 2.06. The van der Waals surface area contributed by atoms with Crippen LogP contribution >= 0.6 is 0 Å². The Morgan fingerprint density at radius 3 is 2.41 bits per heavy atom. The number of ether oxygens (including phenoxy) is 1. The van der Waals surface area contributed by atoms with Gasteiger partial charge in [0, 0.05) is 17.8 Å². The van der Waals surface area contributed by atoms with Crippen molar-refractivity contribution in [3.8, 4) is 0 Å². The van der Waals surface area contributed by atoms with Gasteiger partial charge in [0.1, 0.15) is 0 Å². The normalized spacial score (nSPS) is 10.2. The van der Waals surface area contributed by atoms with Gasteiger partial charge in [-0.15, -0.1) is 0 Å². The maximum absolute atomic E-state index is 11.9. The zero-order valence-corrected chi connectivity index (χ0v) is 17.1. The zero-order chi connectivity index (χ0) is 20.7. The minimum atomic E-state index is -0.517. The number of pyridine rings is 1. The van der Waals surface area contributed by atoms with E-state index in [-0.39, 0.29) is 6.61 Å². The third-order valence-corrected chi connectivity index (χ3v) is 4.65. The van der Waals surface area contributed by atoms with Gasteiger partial charge in [-0.2, -0.15) is 4.99 Å². The van der Waals surface area contributed by atoms with Gasteiger partial charge in [-0.05, 0) is 42.7 Å². The molecule has 1 aromatic carbocycles. The summed E-state index contributed by atoms with van der Waals surface area (Å²) in [6.45, 7) is 3.11. The van der Waals surface area contributed by atoms with Crippen LogP contribution in [0.2, 0.25) is 0 Å². The molecule has 1 N–H and O–H groups in total. The number of carbonyl (C=O) groups is 1. The molecule has 0 unspecified atom stereocenters. The summed E-state index contributed by atoms with van der Waals surface area (Å²) in [7, 11) is 0. The summed E-state index contributed by atoms with van der Waals surface area (Å²) in [5.41, 5.74) is 2.40. The van der Waals surface area contributed by atoms with Gasteiger partial charge < -0.3 is 4.74 Å². The average molecular weight is 397 g/mol. The second kappa shape index (κ2) is 13.2. The molecule has 0 aliphatic rings. The molecule has 0 spiro atoms. The van der Waals surface area contributed by atoms with E-state index in [1.54, 1.807) is 24.3 Å². The largest absolute Gasteiger partial charge is 0.443 e. The van der Waals surface area contributed by atoms with Crippen molar-refractivity contribution >= 4 is 23.5 Å². The highest BCUT2D eigenvalue weighted by atomic mass is 16.5. The monoisotopic (exact) mass is 396 g/mol. The fourth-order valence-electron chi connectivity index (χ4n) is 2.98. The molecule has 1 amide bonds. The standard InChI is InChI=1S/C23H29N3O3/c1-2-3-4-5-6-7-8-20-13-15-26(16-14-20)17-18-29-23(28)25-22-11-9-21(10-12-22)24-19-27/h9-16H,2-8,17-18H2,1H3/p+1. The molecule has 6 nitrogen and oxygen atoms in total. The van der Waals surface area contributed by atoms with Crippen molar-refractivity contribution in [3.63, 3.8) is 0 Å². The van der Waals surface area contributed by atoms with Crippen LogP contribution in [0.5, 0.6) is 0 Å². The van der Waals surface area contributed by atoms with Gasteiger partial charge in [-0.25, -0.2) is 14.2 Å². The molecule has 154 valence electrons. The number of hydrogen-bond acceptors (Lipinski definition) is 4. The fourth-order valence-corrected chi connectivity index (χ4v) is 2.98. The highest BCUT2D eigenvalue weighted by molar-refractivity contribution is 5.84. The van der Waals surface area contributed by atoms with Gasteiger partial charge in [-0.3, -0.25) is 5.32 Å². The Bertz CT molecular complexity index is 782. The zero-order valence-electron chi connectivity index (χ0n) is 17.1. The van der Waals surface area contributed by atoms with E-state index < -0.39 is 6.09 Å². The van der Waals surface area contributed by atoms with Crippen LogP contribution in [0, 0.1) is 0 Å². The molecule has 29 heavy (non-hydrogen) atoms. The predicted molar refractivity (Wildman–Crippen MR) is 113 cm³/mol. The van der Waals surface area contributed by atoms with Crippen LogP contribution in [0.3, 0.4) is 0 Å². The van der Waals surface area contributed by atoms with Crippen molar-refractivity contribution < 1.29 is 18.9 Å². The first-order chi connectivity index (χ1) is 14.2. The topological polar surface area (TPSA) is 71.6 Å². The molecule has 6 heteroatoms. The Labute approximate surface area is 172 Å². The van der Waals surface area contributed by atoms with Crippen molar-refractivity contribution in [2.24, 2.45) is 4.99 Å². The number of amides is 1. The molecular weight excluding hydrogens is 366 g/mol. The lowest BCUT2D eigenvalue weighted by Gasteiger charge is -2.06. The van der Waals surface area contributed by atoms with E-state index in [2.05, 4.69) is 29.4 Å². The van der Waals surface area contributed by atoms with Gasteiger partial charge in [0.15, 0.2) is 25.5 Å². The lowest BCUT2D eigenvalue weighted by Crippen LogP contribution is -2.36. The number of unbranched alkanes of at least 4 members (excludes halogenated alkanes) is 5. The molecule has 2 rings (SSSR count). The van der Waals surface area contributed by atoms with Gasteiger partial charge in [-0.1, -0.05) is 39.0 Å². The molecule has 2 aromatic rings. The Kier molecular flexibility index (Phi) is 10.2. The molecule has 1 heterocycles. The minimum absolute atomic E-state index is 0.279. The molecule has 0 atom stereocenters. The summed E-state index contributed by atoms with van der Waals surface area (Å²) in [6.07, 6.45) is 14.0. The molecular formula is C23H30N3O3+. The number of nitrogens with one attached hydrogen (secondary N) is 1. The summed E-state index contributed by atoms with van der Waals surface area (Å²) >= 11 is 0. The third-order valence-electron chi connectivity index (χ3n) is 4.65. The van der Waals surface area contributed by atoms with Gasteiger partial charge in [0.25, 0.3) is 0 Å². The van der Waals surface area contributed by atoms with Crippen LogP contribution in [0.1, 0.15) is 51.0 Å². The van der Waals surface area contributed by atoms with Gasteiger partial charge in [0.05, 0.1) is 5.69 Å². The van der Waals surface area contributed by atoms with Crippen molar-refractivity contribution in [2.45, 2.75) is 58.4 Å². The molecule has 0 aliphatic heterocycles. The number of rotatable bonds is 12. The van der Waals surface area contributed by atoms with Gasteiger partial charge in [0.2, 0.25) is 6.08 Å². The first kappa shape index (κ1) is 22.3. The second-order valence-corrected chi connectivity index (χ2v) is 6.97. The molecule has 1 aromatic heterocycles. The maximum atomic E-state index is 11.9. The lowest BCUT2D eigenvalue weighted by atomic mass is 10.1. The van der Waals surface area contributed by atoms with Crippen molar-refractivity contribution in [2.75, 3.05) is 11.9 Å². The minimum Gasteiger partial charge on any atom is -0.443 e. The van der Waals surface area contributed by atoms with Gasteiger partial charge >= 0.3 is 6.09 Å². The number of aliphatic imine (C=N–C) groups is 1. The third kappa shape index (κ3) is 9.17. The molecule has 0 bridgehead atoms. The summed E-state index contributed by atoms with van der Waals surface area (Å²) in [5, 5.41) is 2.64. The van der Waals surface area contributed by atoms with Crippen LogP contribution < -0.4 is 9.88 Å². The summed E-state index contributed by atoms with van der Waals surface area (Å²) in [6, 6.07) is 10.8. The SMILES string of the molecule is CCCCCCCCc1cc[n+](CCOC(=O)Nc2ccc(N=C=O)cc2)cc1.